The lowest BCUT2D eigenvalue weighted by atomic mass is 9.85. The molecular formula is C17H24O4. The van der Waals surface area contributed by atoms with Gasteiger partial charge in [-0.2, -0.15) is 0 Å². The average Bonchev–Trinajstić information content (AvgIpc) is 2.43. The molecule has 4 heteroatoms. The summed E-state index contributed by atoms with van der Waals surface area (Å²) in [4.78, 5) is 23.6. The standard InChI is InChI=1S/C17H24O4/c1-6-10-21-14-9-8-12(11-13(14)17(3,4)5)15(18)16(19)20-7-2/h8-9,11H,6-7,10H2,1-5H3. The van der Waals surface area contributed by atoms with E-state index < -0.39 is 11.8 Å². The monoisotopic (exact) mass is 292 g/mol. The number of benzene rings is 1. The molecule has 0 heterocycles. The van der Waals surface area contributed by atoms with E-state index in [1.54, 1.807) is 25.1 Å². The summed E-state index contributed by atoms with van der Waals surface area (Å²) < 4.78 is 10.5. The van der Waals surface area contributed by atoms with Crippen molar-refractivity contribution in [1.82, 2.24) is 0 Å². The fraction of sp³-hybridized carbons (Fsp3) is 0.529. The Bertz CT molecular complexity index is 512. The molecule has 21 heavy (non-hydrogen) atoms. The lowest BCUT2D eigenvalue weighted by Crippen LogP contribution is -2.20. The number of hydrogen-bond acceptors (Lipinski definition) is 4. The molecule has 4 nitrogen and oxygen atoms in total. The second-order valence-corrected chi connectivity index (χ2v) is 5.86. The maximum Gasteiger partial charge on any atom is 0.379 e. The summed E-state index contributed by atoms with van der Waals surface area (Å²) in [6.07, 6.45) is 0.910. The van der Waals surface area contributed by atoms with E-state index in [1.165, 1.54) is 0 Å². The van der Waals surface area contributed by atoms with Crippen molar-refractivity contribution in [3.63, 3.8) is 0 Å². The van der Waals surface area contributed by atoms with E-state index in [0.717, 1.165) is 17.7 Å². The van der Waals surface area contributed by atoms with Gasteiger partial charge in [-0.05, 0) is 37.0 Å². The normalized spacial score (nSPS) is 11.1. The molecule has 0 saturated carbocycles. The Labute approximate surface area is 126 Å². The predicted octanol–water partition coefficient (Wildman–Crippen LogP) is 3.52. The molecule has 0 fully saturated rings. The van der Waals surface area contributed by atoms with Gasteiger partial charge >= 0.3 is 5.97 Å². The van der Waals surface area contributed by atoms with Gasteiger partial charge in [-0.3, -0.25) is 4.79 Å². The highest BCUT2D eigenvalue weighted by molar-refractivity contribution is 6.40. The Morgan fingerprint density at radius 1 is 1.14 bits per heavy atom. The number of ether oxygens (including phenoxy) is 2. The summed E-state index contributed by atoms with van der Waals surface area (Å²) in [5.74, 6) is -0.686. The van der Waals surface area contributed by atoms with E-state index in [9.17, 15) is 9.59 Å². The SMILES string of the molecule is CCCOc1ccc(C(=O)C(=O)OCC)cc1C(C)(C)C. The molecule has 0 amide bonds. The summed E-state index contributed by atoms with van der Waals surface area (Å²) in [5.41, 5.74) is 1.06. The van der Waals surface area contributed by atoms with E-state index >= 15 is 0 Å². The van der Waals surface area contributed by atoms with Crippen molar-refractivity contribution in [3.8, 4) is 5.75 Å². The molecule has 0 atom stereocenters. The minimum Gasteiger partial charge on any atom is -0.493 e. The van der Waals surface area contributed by atoms with Crippen molar-refractivity contribution in [2.75, 3.05) is 13.2 Å². The first-order valence-electron chi connectivity index (χ1n) is 7.30. The lowest BCUT2D eigenvalue weighted by molar-refractivity contribution is -0.137. The molecule has 1 aromatic carbocycles. The average molecular weight is 292 g/mol. The molecule has 1 aromatic rings. The highest BCUT2D eigenvalue weighted by Crippen LogP contribution is 2.32. The summed E-state index contributed by atoms with van der Waals surface area (Å²) in [6, 6.07) is 5.09. The lowest BCUT2D eigenvalue weighted by Gasteiger charge is -2.23. The van der Waals surface area contributed by atoms with Crippen molar-refractivity contribution in [2.45, 2.75) is 46.5 Å². The zero-order chi connectivity index (χ0) is 16.0. The van der Waals surface area contributed by atoms with Crippen LogP contribution in [0.3, 0.4) is 0 Å². The van der Waals surface area contributed by atoms with Gasteiger partial charge in [0.05, 0.1) is 13.2 Å². The topological polar surface area (TPSA) is 52.6 Å². The summed E-state index contributed by atoms with van der Waals surface area (Å²) in [5, 5.41) is 0. The van der Waals surface area contributed by atoms with Gasteiger partial charge in [0.2, 0.25) is 0 Å². The second-order valence-electron chi connectivity index (χ2n) is 5.86. The summed E-state index contributed by atoms with van der Waals surface area (Å²) in [7, 11) is 0. The fourth-order valence-electron chi connectivity index (χ4n) is 1.91. The van der Waals surface area contributed by atoms with E-state index in [1.807, 2.05) is 27.7 Å². The molecule has 0 saturated heterocycles. The van der Waals surface area contributed by atoms with Gasteiger partial charge in [-0.15, -0.1) is 0 Å². The van der Waals surface area contributed by atoms with Crippen LogP contribution in [-0.2, 0) is 14.9 Å². The minimum absolute atomic E-state index is 0.186. The van der Waals surface area contributed by atoms with Gasteiger partial charge in [-0.1, -0.05) is 27.7 Å². The molecule has 116 valence electrons. The van der Waals surface area contributed by atoms with Gasteiger partial charge in [-0.25, -0.2) is 4.79 Å². The number of ketones is 1. The van der Waals surface area contributed by atoms with Crippen LogP contribution in [0.5, 0.6) is 5.75 Å². The Kier molecular flexibility index (Phi) is 5.94. The van der Waals surface area contributed by atoms with Crippen LogP contribution in [0.4, 0.5) is 0 Å². The molecule has 0 radical (unpaired) electrons. The number of Topliss-reactive ketones (excluding diaryl/α,β-unsaturated/α-hetero) is 1. The third kappa shape index (κ3) is 4.59. The quantitative estimate of drug-likeness (QED) is 0.457. The van der Waals surface area contributed by atoms with Gasteiger partial charge in [0.1, 0.15) is 5.75 Å². The molecule has 0 aliphatic heterocycles. The third-order valence-electron chi connectivity index (χ3n) is 2.97. The highest BCUT2D eigenvalue weighted by atomic mass is 16.5. The van der Waals surface area contributed by atoms with E-state index in [0.29, 0.717) is 12.2 Å². The molecule has 0 spiro atoms. The van der Waals surface area contributed by atoms with Crippen molar-refractivity contribution >= 4 is 11.8 Å². The predicted molar refractivity (Wildman–Crippen MR) is 81.9 cm³/mol. The van der Waals surface area contributed by atoms with Crippen molar-refractivity contribution in [2.24, 2.45) is 0 Å². The van der Waals surface area contributed by atoms with Crippen LogP contribution < -0.4 is 4.74 Å². The Balaban J connectivity index is 3.15. The first-order chi connectivity index (χ1) is 9.81. The number of carbonyl (C=O) groups is 2. The summed E-state index contributed by atoms with van der Waals surface area (Å²) in [6.45, 7) is 10.6. The van der Waals surface area contributed by atoms with Crippen LogP contribution in [0.15, 0.2) is 18.2 Å². The maximum absolute atomic E-state index is 12.0. The molecule has 0 bridgehead atoms. The largest absolute Gasteiger partial charge is 0.493 e. The molecule has 0 aliphatic rings. The van der Waals surface area contributed by atoms with Crippen LogP contribution in [0.2, 0.25) is 0 Å². The first kappa shape index (κ1) is 17.2. The van der Waals surface area contributed by atoms with Crippen LogP contribution in [0, 0.1) is 0 Å². The van der Waals surface area contributed by atoms with Gasteiger partial charge < -0.3 is 9.47 Å². The zero-order valence-corrected chi connectivity index (χ0v) is 13.5. The van der Waals surface area contributed by atoms with Crippen molar-refractivity contribution < 1.29 is 19.1 Å². The van der Waals surface area contributed by atoms with Crippen LogP contribution in [0.1, 0.15) is 57.0 Å². The van der Waals surface area contributed by atoms with Crippen molar-refractivity contribution in [3.05, 3.63) is 29.3 Å². The maximum atomic E-state index is 12.0. The Morgan fingerprint density at radius 3 is 2.33 bits per heavy atom. The minimum atomic E-state index is -0.820. The molecule has 0 aliphatic carbocycles. The van der Waals surface area contributed by atoms with E-state index in [-0.39, 0.29) is 12.0 Å². The van der Waals surface area contributed by atoms with E-state index in [2.05, 4.69) is 0 Å². The second kappa shape index (κ2) is 7.25. The Morgan fingerprint density at radius 2 is 1.81 bits per heavy atom. The van der Waals surface area contributed by atoms with Gasteiger partial charge in [0, 0.05) is 11.1 Å². The number of carbonyl (C=O) groups excluding carboxylic acids is 2. The number of rotatable bonds is 6. The summed E-state index contributed by atoms with van der Waals surface area (Å²) >= 11 is 0. The van der Waals surface area contributed by atoms with Gasteiger partial charge in [0.15, 0.2) is 0 Å². The Hall–Kier alpha value is -1.84. The molecule has 0 aromatic heterocycles. The number of hydrogen-bond donors (Lipinski definition) is 0. The molecule has 0 N–H and O–H groups in total. The smallest absolute Gasteiger partial charge is 0.379 e. The first-order valence-corrected chi connectivity index (χ1v) is 7.30. The highest BCUT2D eigenvalue weighted by Gasteiger charge is 2.24. The van der Waals surface area contributed by atoms with Crippen molar-refractivity contribution in [1.29, 1.82) is 0 Å². The fourth-order valence-corrected chi connectivity index (χ4v) is 1.91. The molecule has 0 unspecified atom stereocenters. The zero-order valence-electron chi connectivity index (χ0n) is 13.5. The third-order valence-corrected chi connectivity index (χ3v) is 2.97. The molecular weight excluding hydrogens is 268 g/mol. The van der Waals surface area contributed by atoms with Crippen LogP contribution in [0.25, 0.3) is 0 Å². The van der Waals surface area contributed by atoms with Crippen LogP contribution >= 0.6 is 0 Å². The number of esters is 1. The van der Waals surface area contributed by atoms with Gasteiger partial charge in [0.25, 0.3) is 5.78 Å². The molecule has 1 rings (SSSR count). The van der Waals surface area contributed by atoms with E-state index in [4.69, 9.17) is 9.47 Å². The van der Waals surface area contributed by atoms with Crippen LogP contribution in [-0.4, -0.2) is 25.0 Å².